The van der Waals surface area contributed by atoms with Crippen LogP contribution < -0.4 is 0 Å². The molecule has 0 aromatic heterocycles. The minimum Gasteiger partial charge on any atom is -0.412 e. The van der Waals surface area contributed by atoms with Crippen molar-refractivity contribution in [3.8, 4) is 0 Å². The van der Waals surface area contributed by atoms with Crippen LogP contribution >= 0.6 is 0 Å². The smallest absolute Gasteiger partial charge is 0.192 e. The van der Waals surface area contributed by atoms with Gasteiger partial charge in [-0.15, -0.1) is 0 Å². The summed E-state index contributed by atoms with van der Waals surface area (Å²) in [4.78, 5) is 10.9. The number of ether oxygens (including phenoxy) is 1. The van der Waals surface area contributed by atoms with Gasteiger partial charge in [-0.3, -0.25) is 0 Å². The number of carbonyl (C=O) groups is 1. The fraction of sp³-hybridized carbons (Fsp3) is 0.917. The van der Waals surface area contributed by atoms with Crippen LogP contribution in [-0.2, 0) is 14.0 Å². The average molecular weight is 256 g/mol. The molecule has 0 bridgehead atoms. The van der Waals surface area contributed by atoms with Crippen LogP contribution in [0.15, 0.2) is 0 Å². The molecule has 98 valence electrons. The van der Waals surface area contributed by atoms with Crippen LogP contribution in [0.1, 0.15) is 27.7 Å². The molecule has 0 aliphatic carbocycles. The van der Waals surface area contributed by atoms with E-state index < -0.39 is 8.32 Å². The van der Waals surface area contributed by atoms with Crippen molar-refractivity contribution in [3.05, 3.63) is 0 Å². The molecule has 5 heteroatoms. The van der Waals surface area contributed by atoms with Gasteiger partial charge in [0, 0.05) is 11.9 Å². The molecule has 0 unspecified atom stereocenters. The Kier molecular flexibility index (Phi) is 4.27. The number of hydrogen-bond donors (Lipinski definition) is 0. The highest BCUT2D eigenvalue weighted by molar-refractivity contribution is 6.74. The summed E-state index contributed by atoms with van der Waals surface area (Å²) in [6.45, 7) is 13.2. The van der Waals surface area contributed by atoms with E-state index in [1.807, 2.05) is 14.8 Å². The summed E-state index contributed by atoms with van der Waals surface area (Å²) in [5.74, 6) is 0.150. The lowest BCUT2D eigenvalue weighted by Crippen LogP contribution is -2.47. The normalized spacial score (nSPS) is 34.9. The molecule has 0 aromatic rings. The quantitative estimate of drug-likeness (QED) is 0.568. The summed E-state index contributed by atoms with van der Waals surface area (Å²) >= 11 is 0. The minimum atomic E-state index is -1.79. The lowest BCUT2D eigenvalue weighted by Gasteiger charge is -2.40. The Morgan fingerprint density at radius 1 is 1.35 bits per heavy atom. The third-order valence-electron chi connectivity index (χ3n) is 4.24. The van der Waals surface area contributed by atoms with Gasteiger partial charge in [-0.2, -0.15) is 0 Å². The van der Waals surface area contributed by atoms with Crippen LogP contribution in [0.25, 0.3) is 0 Å². The Morgan fingerprint density at radius 2 is 1.88 bits per heavy atom. The molecule has 4 atom stereocenters. The van der Waals surface area contributed by atoms with Crippen LogP contribution in [0.5, 0.6) is 0 Å². The van der Waals surface area contributed by atoms with E-state index in [4.69, 9.17) is 9.16 Å². The lowest BCUT2D eigenvalue weighted by molar-refractivity contribution is -0.117. The molecule has 0 N–H and O–H groups in total. The van der Waals surface area contributed by atoms with E-state index in [9.17, 15) is 4.79 Å². The first-order valence-electron chi connectivity index (χ1n) is 6.38. The Morgan fingerprint density at radius 3 is 2.24 bits per heavy atom. The number of aldehydes is 1. The summed E-state index contributed by atoms with van der Waals surface area (Å²) in [5, 5.41) is 0.186. The summed E-state index contributed by atoms with van der Waals surface area (Å²) in [5.41, 5.74) is 0. The maximum atomic E-state index is 10.9. The second kappa shape index (κ2) is 4.86. The van der Waals surface area contributed by atoms with Gasteiger partial charge in [-0.25, -0.2) is 0 Å². The number of carbonyl (C=O) groups excluding carboxylic acids is 1. The van der Waals surface area contributed by atoms with Crippen molar-refractivity contribution in [2.45, 2.75) is 64.0 Å². The highest BCUT2D eigenvalue weighted by Gasteiger charge is 2.46. The summed E-state index contributed by atoms with van der Waals surface area (Å²) in [6, 6.07) is 0.00863. The van der Waals surface area contributed by atoms with Crippen LogP contribution in [0.4, 0.5) is 0 Å². The third-order valence-corrected chi connectivity index (χ3v) is 8.72. The van der Waals surface area contributed by atoms with Crippen LogP contribution in [-0.4, -0.2) is 40.7 Å². The Bertz CT molecular complexity index is 288. The lowest BCUT2D eigenvalue weighted by atomic mass is 9.89. The molecule has 3 nitrogen and oxygen atoms in total. The maximum Gasteiger partial charge on any atom is 0.192 e. The number of hydrogen-bond acceptors (Lipinski definition) is 3. The van der Waals surface area contributed by atoms with Crippen molar-refractivity contribution < 1.29 is 14.0 Å². The van der Waals surface area contributed by atoms with E-state index in [2.05, 4.69) is 33.9 Å². The van der Waals surface area contributed by atoms with Gasteiger partial charge in [0.25, 0.3) is 0 Å². The first-order chi connectivity index (χ1) is 7.60. The number of rotatable bonds is 3. The zero-order chi connectivity index (χ0) is 13.4. The molecule has 0 saturated carbocycles. The Labute approximate surface area is 107 Å². The Balaban J connectivity index is 2.78. The zero-order valence-electron chi connectivity index (χ0n) is 12.1. The van der Waals surface area contributed by atoms with Crippen molar-refractivity contribution in [1.82, 2.24) is 0 Å². The predicted octanol–water partition coefficient (Wildman–Crippen LogP) is 1.57. The molecular formula is C12H25BO3Si. The predicted molar refractivity (Wildman–Crippen MR) is 74.5 cm³/mol. The summed E-state index contributed by atoms with van der Waals surface area (Å²) < 4.78 is 12.0. The third kappa shape index (κ3) is 3.01. The van der Waals surface area contributed by atoms with E-state index in [-0.39, 0.29) is 29.2 Å². The molecule has 0 radical (unpaired) electrons. The van der Waals surface area contributed by atoms with E-state index in [0.29, 0.717) is 0 Å². The van der Waals surface area contributed by atoms with Gasteiger partial charge in [-0.05, 0) is 18.1 Å². The molecule has 0 amide bonds. The minimum absolute atomic E-state index is 0.00863. The molecule has 1 aliphatic heterocycles. The van der Waals surface area contributed by atoms with Gasteiger partial charge in [-0.1, -0.05) is 27.7 Å². The maximum absolute atomic E-state index is 10.9. The van der Waals surface area contributed by atoms with E-state index in [1.54, 1.807) is 0 Å². The fourth-order valence-electron chi connectivity index (χ4n) is 1.94. The molecule has 1 heterocycles. The summed E-state index contributed by atoms with van der Waals surface area (Å²) in [6.07, 6.45) is 0.641. The molecule has 17 heavy (non-hydrogen) atoms. The topological polar surface area (TPSA) is 35.5 Å². The monoisotopic (exact) mass is 256 g/mol. The van der Waals surface area contributed by atoms with Crippen molar-refractivity contribution >= 4 is 22.4 Å². The molecule has 0 spiro atoms. The standard InChI is InChI=1S/C12H25BO3Si/c1-8-9(7-14)15-11(13)10(8)16-17(5,6)12(2,3)4/h7-11H,13H2,1-6H3/t8-,9-,10-,11-/m1/s1. The highest BCUT2D eigenvalue weighted by atomic mass is 28.4. The van der Waals surface area contributed by atoms with Crippen molar-refractivity contribution in [1.29, 1.82) is 0 Å². The van der Waals surface area contributed by atoms with Gasteiger partial charge in [0.05, 0.1) is 6.10 Å². The molecule has 1 aliphatic rings. The second-order valence-corrected chi connectivity index (χ2v) is 11.4. The zero-order valence-corrected chi connectivity index (χ0v) is 13.1. The molecule has 1 saturated heterocycles. The van der Waals surface area contributed by atoms with Crippen LogP contribution in [0.3, 0.4) is 0 Å². The SMILES string of the molecule is B[C@@H]1O[C@H](C=O)[C@@H](C)[C@H]1O[Si](C)(C)C(C)(C)C. The van der Waals surface area contributed by atoms with Gasteiger partial charge in [0.15, 0.2) is 8.32 Å². The van der Waals surface area contributed by atoms with Gasteiger partial charge >= 0.3 is 0 Å². The highest BCUT2D eigenvalue weighted by Crippen LogP contribution is 2.40. The molecular weight excluding hydrogens is 231 g/mol. The van der Waals surface area contributed by atoms with E-state index >= 15 is 0 Å². The van der Waals surface area contributed by atoms with E-state index in [1.165, 1.54) is 0 Å². The molecule has 0 aromatic carbocycles. The second-order valence-electron chi connectivity index (χ2n) is 6.64. The first-order valence-corrected chi connectivity index (χ1v) is 9.29. The van der Waals surface area contributed by atoms with Crippen LogP contribution in [0, 0.1) is 5.92 Å². The molecule has 1 rings (SSSR count). The largest absolute Gasteiger partial charge is 0.412 e. The van der Waals surface area contributed by atoms with Gasteiger partial charge in [0.2, 0.25) is 0 Å². The fourth-order valence-corrected chi connectivity index (χ4v) is 3.38. The summed E-state index contributed by atoms with van der Waals surface area (Å²) in [7, 11) is 0.206. The van der Waals surface area contributed by atoms with Crippen molar-refractivity contribution in [2.24, 2.45) is 5.92 Å². The average Bonchev–Trinajstić information content (AvgIpc) is 2.43. The van der Waals surface area contributed by atoms with Crippen molar-refractivity contribution in [3.63, 3.8) is 0 Å². The van der Waals surface area contributed by atoms with E-state index in [0.717, 1.165) is 6.29 Å². The van der Waals surface area contributed by atoms with Gasteiger partial charge < -0.3 is 14.0 Å². The first kappa shape index (κ1) is 14.9. The Hall–Kier alpha value is -0.128. The van der Waals surface area contributed by atoms with Crippen LogP contribution in [0.2, 0.25) is 18.1 Å². The van der Waals surface area contributed by atoms with Crippen molar-refractivity contribution in [2.75, 3.05) is 0 Å². The molecule has 1 fully saturated rings. The van der Waals surface area contributed by atoms with Gasteiger partial charge in [0.1, 0.15) is 20.2 Å².